The molecule has 0 saturated carbocycles. The number of hydrogen-bond acceptors (Lipinski definition) is 8. The third kappa shape index (κ3) is 3.85. The Kier molecular flexibility index (Phi) is 4.27. The number of aromatic hydroxyl groups is 2. The summed E-state index contributed by atoms with van der Waals surface area (Å²) in [4.78, 5) is 14.0. The fourth-order valence-electron chi connectivity index (χ4n) is 1.70. The molecule has 1 heterocycles. The Labute approximate surface area is 122 Å². The lowest BCUT2D eigenvalue weighted by Crippen LogP contribution is -2.17. The second-order valence-corrected chi connectivity index (χ2v) is 4.71. The number of nitrogens with zero attached hydrogens (tertiary/aromatic N) is 4. The average molecular weight is 290 g/mol. The Morgan fingerprint density at radius 1 is 1.14 bits per heavy atom. The standard InChI is InChI=1S/C13H18N6O2/c1-19(2)13-17-11(14)16-12(18-13)15-6-5-8-3-4-9(20)10(21)7-8/h3-4,7,20-21H,5-6H2,1-2H3,(H3,14,15,16,17,18). The van der Waals surface area contributed by atoms with E-state index in [1.165, 1.54) is 12.1 Å². The summed E-state index contributed by atoms with van der Waals surface area (Å²) in [5, 5.41) is 21.7. The van der Waals surface area contributed by atoms with Crippen LogP contribution in [0.5, 0.6) is 11.5 Å². The van der Waals surface area contributed by atoms with E-state index in [-0.39, 0.29) is 17.4 Å². The van der Waals surface area contributed by atoms with Crippen molar-refractivity contribution in [1.82, 2.24) is 15.0 Å². The number of nitrogen functional groups attached to an aromatic ring is 1. The lowest BCUT2D eigenvalue weighted by atomic mass is 10.1. The van der Waals surface area contributed by atoms with Crippen molar-refractivity contribution in [3.8, 4) is 11.5 Å². The molecule has 21 heavy (non-hydrogen) atoms. The zero-order valence-electron chi connectivity index (χ0n) is 11.9. The maximum atomic E-state index is 9.42. The molecule has 0 atom stereocenters. The highest BCUT2D eigenvalue weighted by Gasteiger charge is 2.06. The van der Waals surface area contributed by atoms with Crippen LogP contribution < -0.4 is 16.0 Å². The van der Waals surface area contributed by atoms with Crippen molar-refractivity contribution in [1.29, 1.82) is 0 Å². The normalized spacial score (nSPS) is 10.4. The Balaban J connectivity index is 1.98. The van der Waals surface area contributed by atoms with E-state index in [1.54, 1.807) is 11.0 Å². The SMILES string of the molecule is CN(C)c1nc(N)nc(NCCc2ccc(O)c(O)c2)n1. The van der Waals surface area contributed by atoms with Crippen molar-refractivity contribution in [2.24, 2.45) is 0 Å². The molecule has 1 aromatic heterocycles. The van der Waals surface area contributed by atoms with Gasteiger partial charge in [0.25, 0.3) is 0 Å². The molecule has 5 N–H and O–H groups in total. The van der Waals surface area contributed by atoms with Gasteiger partial charge in [-0.25, -0.2) is 0 Å². The van der Waals surface area contributed by atoms with E-state index in [9.17, 15) is 10.2 Å². The molecule has 112 valence electrons. The quantitative estimate of drug-likeness (QED) is 0.590. The fourth-order valence-corrected chi connectivity index (χ4v) is 1.70. The molecule has 0 radical (unpaired) electrons. The summed E-state index contributed by atoms with van der Waals surface area (Å²) in [5.74, 6) is 0.763. The van der Waals surface area contributed by atoms with Gasteiger partial charge in [0.2, 0.25) is 17.8 Å². The Hall–Kier alpha value is -2.77. The minimum absolute atomic E-state index is 0.132. The molecule has 2 rings (SSSR count). The number of nitrogens with two attached hydrogens (primary N) is 1. The summed E-state index contributed by atoms with van der Waals surface area (Å²) in [5.41, 5.74) is 6.51. The molecule has 1 aromatic carbocycles. The van der Waals surface area contributed by atoms with Gasteiger partial charge in [-0.2, -0.15) is 15.0 Å². The minimum Gasteiger partial charge on any atom is -0.504 e. The molecule has 8 nitrogen and oxygen atoms in total. The van der Waals surface area contributed by atoms with Crippen LogP contribution in [0.3, 0.4) is 0 Å². The van der Waals surface area contributed by atoms with Gasteiger partial charge in [-0.3, -0.25) is 0 Å². The molecular formula is C13H18N6O2. The van der Waals surface area contributed by atoms with Crippen LogP contribution in [-0.4, -0.2) is 45.8 Å². The van der Waals surface area contributed by atoms with Gasteiger partial charge in [0.05, 0.1) is 0 Å². The largest absolute Gasteiger partial charge is 0.504 e. The van der Waals surface area contributed by atoms with Gasteiger partial charge in [-0.05, 0) is 24.1 Å². The number of anilines is 3. The van der Waals surface area contributed by atoms with Crippen LogP contribution in [0.15, 0.2) is 18.2 Å². The maximum absolute atomic E-state index is 9.42. The number of benzene rings is 1. The summed E-state index contributed by atoms with van der Waals surface area (Å²) in [6, 6.07) is 4.71. The van der Waals surface area contributed by atoms with Crippen molar-refractivity contribution >= 4 is 17.8 Å². The third-order valence-corrected chi connectivity index (χ3v) is 2.78. The van der Waals surface area contributed by atoms with Gasteiger partial charge in [-0.15, -0.1) is 0 Å². The van der Waals surface area contributed by atoms with E-state index in [1.807, 2.05) is 14.1 Å². The van der Waals surface area contributed by atoms with Crippen LogP contribution in [-0.2, 0) is 6.42 Å². The summed E-state index contributed by atoms with van der Waals surface area (Å²) >= 11 is 0. The molecule has 0 bridgehead atoms. The summed E-state index contributed by atoms with van der Waals surface area (Å²) in [6.45, 7) is 0.556. The average Bonchev–Trinajstić information content (AvgIpc) is 2.42. The van der Waals surface area contributed by atoms with Gasteiger partial charge >= 0.3 is 0 Å². The number of hydrogen-bond donors (Lipinski definition) is 4. The molecule has 2 aromatic rings. The van der Waals surface area contributed by atoms with E-state index in [0.29, 0.717) is 24.9 Å². The number of aromatic nitrogens is 3. The third-order valence-electron chi connectivity index (χ3n) is 2.78. The second-order valence-electron chi connectivity index (χ2n) is 4.71. The fraction of sp³-hybridized carbons (Fsp3) is 0.308. The van der Waals surface area contributed by atoms with Gasteiger partial charge < -0.3 is 26.2 Å². The lowest BCUT2D eigenvalue weighted by molar-refractivity contribution is 0.403. The number of phenols is 2. The van der Waals surface area contributed by atoms with Crippen molar-refractivity contribution in [2.75, 3.05) is 36.6 Å². The summed E-state index contributed by atoms with van der Waals surface area (Å²) < 4.78 is 0. The van der Waals surface area contributed by atoms with Gasteiger partial charge in [-0.1, -0.05) is 6.07 Å². The predicted molar refractivity (Wildman–Crippen MR) is 80.5 cm³/mol. The molecule has 0 aliphatic heterocycles. The monoisotopic (exact) mass is 290 g/mol. The number of phenolic OH excluding ortho intramolecular Hbond substituents is 2. The molecule has 0 fully saturated rings. The molecule has 8 heteroatoms. The van der Waals surface area contributed by atoms with Crippen molar-refractivity contribution in [3.05, 3.63) is 23.8 Å². The van der Waals surface area contributed by atoms with Gasteiger partial charge in [0, 0.05) is 20.6 Å². The molecular weight excluding hydrogens is 272 g/mol. The first kappa shape index (κ1) is 14.6. The first-order valence-corrected chi connectivity index (χ1v) is 6.39. The highest BCUT2D eigenvalue weighted by molar-refractivity contribution is 5.42. The molecule has 0 aliphatic carbocycles. The van der Waals surface area contributed by atoms with E-state index in [2.05, 4.69) is 20.3 Å². The topological polar surface area (TPSA) is 120 Å². The zero-order chi connectivity index (χ0) is 15.4. The van der Waals surface area contributed by atoms with E-state index in [0.717, 1.165) is 5.56 Å². The van der Waals surface area contributed by atoms with E-state index >= 15 is 0 Å². The highest BCUT2D eigenvalue weighted by Crippen LogP contribution is 2.24. The van der Waals surface area contributed by atoms with Crippen LogP contribution >= 0.6 is 0 Å². The molecule has 0 unspecified atom stereocenters. The Morgan fingerprint density at radius 3 is 2.57 bits per heavy atom. The van der Waals surface area contributed by atoms with Crippen LogP contribution in [0.1, 0.15) is 5.56 Å². The summed E-state index contributed by atoms with van der Waals surface area (Å²) in [7, 11) is 3.63. The smallest absolute Gasteiger partial charge is 0.231 e. The van der Waals surface area contributed by atoms with Crippen molar-refractivity contribution < 1.29 is 10.2 Å². The highest BCUT2D eigenvalue weighted by atomic mass is 16.3. The van der Waals surface area contributed by atoms with E-state index in [4.69, 9.17) is 5.73 Å². The Morgan fingerprint density at radius 2 is 1.90 bits per heavy atom. The minimum atomic E-state index is -0.133. The van der Waals surface area contributed by atoms with Crippen LogP contribution in [0, 0.1) is 0 Å². The number of rotatable bonds is 5. The van der Waals surface area contributed by atoms with Crippen LogP contribution in [0.2, 0.25) is 0 Å². The Bertz CT molecular complexity index is 632. The van der Waals surface area contributed by atoms with Crippen molar-refractivity contribution in [2.45, 2.75) is 6.42 Å². The van der Waals surface area contributed by atoms with Crippen LogP contribution in [0.25, 0.3) is 0 Å². The second kappa shape index (κ2) is 6.12. The first-order valence-electron chi connectivity index (χ1n) is 6.39. The van der Waals surface area contributed by atoms with Crippen LogP contribution in [0.4, 0.5) is 17.8 Å². The lowest BCUT2D eigenvalue weighted by Gasteiger charge is -2.12. The summed E-state index contributed by atoms with van der Waals surface area (Å²) in [6.07, 6.45) is 0.636. The number of nitrogens with one attached hydrogen (secondary N) is 1. The predicted octanol–water partition coefficient (Wildman–Crippen LogP) is 0.586. The molecule has 0 aliphatic rings. The maximum Gasteiger partial charge on any atom is 0.231 e. The molecule has 0 spiro atoms. The zero-order valence-corrected chi connectivity index (χ0v) is 11.9. The van der Waals surface area contributed by atoms with Gasteiger partial charge in [0.1, 0.15) is 0 Å². The molecule has 0 amide bonds. The first-order chi connectivity index (χ1) is 9.95. The van der Waals surface area contributed by atoms with Gasteiger partial charge in [0.15, 0.2) is 11.5 Å². The van der Waals surface area contributed by atoms with Crippen molar-refractivity contribution in [3.63, 3.8) is 0 Å². The molecule has 0 saturated heterocycles. The van der Waals surface area contributed by atoms with E-state index < -0.39 is 0 Å².